The maximum absolute atomic E-state index is 12.3. The van der Waals surface area contributed by atoms with Crippen molar-refractivity contribution in [1.82, 2.24) is 14.8 Å². The van der Waals surface area contributed by atoms with Crippen molar-refractivity contribution in [2.45, 2.75) is 30.8 Å². The van der Waals surface area contributed by atoms with E-state index in [0.717, 1.165) is 18.7 Å². The summed E-state index contributed by atoms with van der Waals surface area (Å²) >= 11 is 15.4. The number of thiophene rings is 1. The van der Waals surface area contributed by atoms with E-state index in [-0.39, 0.29) is 11.7 Å². The molecule has 0 saturated heterocycles. The number of hydrogen-bond acceptors (Lipinski definition) is 5. The first kappa shape index (κ1) is 19.8. The molecule has 1 aromatic carbocycles. The van der Waals surface area contributed by atoms with E-state index in [1.54, 1.807) is 18.2 Å². The van der Waals surface area contributed by atoms with Crippen LogP contribution in [0.25, 0.3) is 11.4 Å². The Bertz CT molecular complexity index is 1010. The van der Waals surface area contributed by atoms with Gasteiger partial charge in [-0.15, -0.1) is 21.5 Å². The normalized spacial score (nSPS) is 13.4. The Morgan fingerprint density at radius 3 is 2.79 bits per heavy atom. The third-order valence-electron chi connectivity index (χ3n) is 4.70. The minimum Gasteiger partial charge on any atom is -0.323 e. The van der Waals surface area contributed by atoms with Gasteiger partial charge in [-0.2, -0.15) is 0 Å². The Hall–Kier alpha value is -1.54. The maximum atomic E-state index is 12.3. The number of nitrogens with one attached hydrogen (secondary N) is 1. The number of aromatic nitrogens is 3. The van der Waals surface area contributed by atoms with E-state index in [1.165, 1.54) is 40.6 Å². The van der Waals surface area contributed by atoms with Gasteiger partial charge >= 0.3 is 0 Å². The molecular weight excluding hydrogens is 435 g/mol. The lowest BCUT2D eigenvalue weighted by Crippen LogP contribution is -2.15. The highest BCUT2D eigenvalue weighted by molar-refractivity contribution is 7.99. The van der Waals surface area contributed by atoms with Crippen LogP contribution in [0.1, 0.15) is 23.3 Å². The maximum Gasteiger partial charge on any atom is 0.234 e. The number of thioether (sulfide) groups is 1. The zero-order chi connectivity index (χ0) is 19.7. The van der Waals surface area contributed by atoms with Crippen molar-refractivity contribution in [2.75, 3.05) is 11.1 Å². The highest BCUT2D eigenvalue weighted by Crippen LogP contribution is 2.36. The number of halogens is 2. The fraction of sp³-hybridized carbons (Fsp3) is 0.316. The molecule has 2 aromatic heterocycles. The van der Waals surface area contributed by atoms with Gasteiger partial charge in [-0.05, 0) is 43.4 Å². The molecule has 28 heavy (non-hydrogen) atoms. The first-order valence-electron chi connectivity index (χ1n) is 8.90. The molecule has 0 bridgehead atoms. The topological polar surface area (TPSA) is 59.8 Å². The second-order valence-electron chi connectivity index (χ2n) is 6.56. The molecule has 0 spiro atoms. The molecule has 0 aliphatic heterocycles. The van der Waals surface area contributed by atoms with Crippen molar-refractivity contribution in [1.29, 1.82) is 0 Å². The number of nitrogens with zero attached hydrogens (tertiary/aromatic N) is 3. The molecule has 0 atom stereocenters. The average molecular weight is 453 g/mol. The van der Waals surface area contributed by atoms with Crippen LogP contribution in [0.2, 0.25) is 10.0 Å². The summed E-state index contributed by atoms with van der Waals surface area (Å²) in [6.45, 7) is 0. The summed E-state index contributed by atoms with van der Waals surface area (Å²) in [4.78, 5) is 13.8. The van der Waals surface area contributed by atoms with Gasteiger partial charge in [0.2, 0.25) is 5.91 Å². The summed E-state index contributed by atoms with van der Waals surface area (Å²) < 4.78 is 1.96. The molecule has 146 valence electrons. The Morgan fingerprint density at radius 1 is 1.25 bits per heavy atom. The van der Waals surface area contributed by atoms with Gasteiger partial charge in [0.05, 0.1) is 21.5 Å². The summed E-state index contributed by atoms with van der Waals surface area (Å²) in [7, 11) is 1.94. The standard InChI is InChI=1S/C19H18Cl2N4OS2/c1-25-18(12-9-27-15-8-3-2-5-11(12)15)23-24-19(25)28-10-16(26)22-17-13(20)6-4-7-14(17)21/h4,6-7,9H,2-3,5,8,10H2,1H3,(H,22,26). The molecular formula is C19H18Cl2N4OS2. The van der Waals surface area contributed by atoms with E-state index in [1.807, 2.05) is 23.0 Å². The molecule has 9 heteroatoms. The molecule has 0 saturated carbocycles. The number of fused-ring (bicyclic) bond motifs is 1. The predicted molar refractivity (Wildman–Crippen MR) is 117 cm³/mol. The van der Waals surface area contributed by atoms with Gasteiger partial charge in [-0.25, -0.2) is 0 Å². The van der Waals surface area contributed by atoms with Crippen LogP contribution < -0.4 is 5.32 Å². The zero-order valence-corrected chi connectivity index (χ0v) is 18.3. The summed E-state index contributed by atoms with van der Waals surface area (Å²) in [5, 5.41) is 15.1. The third-order valence-corrected chi connectivity index (χ3v) is 7.44. The van der Waals surface area contributed by atoms with Crippen molar-refractivity contribution in [3.63, 3.8) is 0 Å². The van der Waals surface area contributed by atoms with Crippen LogP contribution in [0.3, 0.4) is 0 Å². The van der Waals surface area contributed by atoms with E-state index in [9.17, 15) is 4.79 Å². The Labute approximate surface area is 181 Å². The summed E-state index contributed by atoms with van der Waals surface area (Å²) in [5.41, 5.74) is 3.02. The molecule has 5 nitrogen and oxygen atoms in total. The molecule has 4 rings (SSSR count). The van der Waals surface area contributed by atoms with Gasteiger partial charge in [0.15, 0.2) is 11.0 Å². The van der Waals surface area contributed by atoms with Gasteiger partial charge in [0.25, 0.3) is 0 Å². The third kappa shape index (κ3) is 3.94. The van der Waals surface area contributed by atoms with Crippen LogP contribution in [-0.4, -0.2) is 26.4 Å². The number of aryl methyl sites for hydroxylation is 1. The second kappa shape index (κ2) is 8.45. The largest absolute Gasteiger partial charge is 0.323 e. The molecule has 0 fully saturated rings. The minimum atomic E-state index is -0.197. The Kier molecular flexibility index (Phi) is 5.96. The molecule has 2 heterocycles. The molecule has 3 aromatic rings. The summed E-state index contributed by atoms with van der Waals surface area (Å²) in [6.07, 6.45) is 4.74. The quantitative estimate of drug-likeness (QED) is 0.522. The zero-order valence-electron chi connectivity index (χ0n) is 15.2. The summed E-state index contributed by atoms with van der Waals surface area (Å²) in [6, 6.07) is 5.11. The van der Waals surface area contributed by atoms with Crippen molar-refractivity contribution < 1.29 is 4.79 Å². The first-order chi connectivity index (χ1) is 13.5. The van der Waals surface area contributed by atoms with Gasteiger partial charge in [-0.3, -0.25) is 4.79 Å². The lowest BCUT2D eigenvalue weighted by atomic mass is 9.96. The number of para-hydroxylation sites is 1. The van der Waals surface area contributed by atoms with Gasteiger partial charge in [0.1, 0.15) is 0 Å². The summed E-state index contributed by atoms with van der Waals surface area (Å²) in [5.74, 6) is 0.851. The monoisotopic (exact) mass is 452 g/mol. The van der Waals surface area contributed by atoms with E-state index in [4.69, 9.17) is 23.2 Å². The number of hydrogen-bond donors (Lipinski definition) is 1. The molecule has 1 aliphatic carbocycles. The highest BCUT2D eigenvalue weighted by atomic mass is 35.5. The lowest BCUT2D eigenvalue weighted by molar-refractivity contribution is -0.113. The number of amides is 1. The number of anilines is 1. The van der Waals surface area contributed by atoms with Crippen LogP contribution in [0.5, 0.6) is 0 Å². The lowest BCUT2D eigenvalue weighted by Gasteiger charge is -2.12. The van der Waals surface area contributed by atoms with Crippen molar-refractivity contribution >= 4 is 57.9 Å². The number of carbonyl (C=O) groups is 1. The fourth-order valence-corrected chi connectivity index (χ4v) is 5.61. The van der Waals surface area contributed by atoms with Gasteiger partial charge < -0.3 is 9.88 Å². The number of rotatable bonds is 5. The van der Waals surface area contributed by atoms with Crippen LogP contribution in [0.4, 0.5) is 5.69 Å². The van der Waals surface area contributed by atoms with Crippen molar-refractivity contribution in [3.8, 4) is 11.4 Å². The smallest absolute Gasteiger partial charge is 0.234 e. The second-order valence-corrected chi connectivity index (χ2v) is 9.28. The Balaban J connectivity index is 1.45. The van der Waals surface area contributed by atoms with E-state index >= 15 is 0 Å². The number of carbonyl (C=O) groups excluding carboxylic acids is 1. The van der Waals surface area contributed by atoms with Crippen LogP contribution in [-0.2, 0) is 24.7 Å². The predicted octanol–water partition coefficient (Wildman–Crippen LogP) is 5.46. The fourth-order valence-electron chi connectivity index (χ4n) is 3.28. The molecule has 1 amide bonds. The molecule has 0 radical (unpaired) electrons. The van der Waals surface area contributed by atoms with Crippen LogP contribution >= 0.6 is 46.3 Å². The minimum absolute atomic E-state index is 0.190. The SMILES string of the molecule is Cn1c(SCC(=O)Nc2c(Cl)cccc2Cl)nnc1-c1csc2c1CCCC2. The highest BCUT2D eigenvalue weighted by Gasteiger charge is 2.21. The number of benzene rings is 1. The van der Waals surface area contributed by atoms with Crippen LogP contribution in [0, 0.1) is 0 Å². The Morgan fingerprint density at radius 2 is 2.00 bits per heavy atom. The first-order valence-corrected chi connectivity index (χ1v) is 11.5. The van der Waals surface area contributed by atoms with Crippen molar-refractivity contribution in [3.05, 3.63) is 44.1 Å². The molecule has 0 unspecified atom stereocenters. The van der Waals surface area contributed by atoms with E-state index in [2.05, 4.69) is 20.9 Å². The van der Waals surface area contributed by atoms with E-state index in [0.29, 0.717) is 20.9 Å². The van der Waals surface area contributed by atoms with Gasteiger partial charge in [-0.1, -0.05) is 41.0 Å². The molecule has 1 aliphatic rings. The van der Waals surface area contributed by atoms with E-state index < -0.39 is 0 Å². The van der Waals surface area contributed by atoms with Gasteiger partial charge in [0, 0.05) is 22.9 Å². The van der Waals surface area contributed by atoms with Crippen LogP contribution in [0.15, 0.2) is 28.7 Å². The average Bonchev–Trinajstić information content (AvgIpc) is 3.26. The van der Waals surface area contributed by atoms with Crippen molar-refractivity contribution in [2.24, 2.45) is 7.05 Å². The molecule has 1 N–H and O–H groups in total.